The minimum Gasteiger partial charge on any atom is -0.496 e. The molecule has 0 aromatic heterocycles. The standard InChI is InChI=1S/C21H22BrClN2O2/c1-27-20-9-6-16(22)13-15(20)5-10-21(26)24-17-7-8-19(18(23)14-17)25-11-3-2-4-12-25/h5-10,13-14H,2-4,11-12H2,1H3,(H,24,26). The molecule has 27 heavy (non-hydrogen) atoms. The number of methoxy groups -OCH3 is 1. The highest BCUT2D eigenvalue weighted by molar-refractivity contribution is 9.10. The summed E-state index contributed by atoms with van der Waals surface area (Å²) >= 11 is 9.87. The van der Waals surface area contributed by atoms with Crippen LogP contribution in [0, 0.1) is 0 Å². The van der Waals surface area contributed by atoms with Crippen LogP contribution in [0.5, 0.6) is 5.75 Å². The minimum absolute atomic E-state index is 0.223. The van der Waals surface area contributed by atoms with E-state index in [1.165, 1.54) is 25.3 Å². The molecule has 6 heteroatoms. The lowest BCUT2D eigenvalue weighted by atomic mass is 10.1. The maximum absolute atomic E-state index is 12.3. The third-order valence-electron chi connectivity index (χ3n) is 4.52. The first-order valence-corrected chi connectivity index (χ1v) is 10.1. The number of anilines is 2. The van der Waals surface area contributed by atoms with Crippen molar-refractivity contribution in [2.24, 2.45) is 0 Å². The van der Waals surface area contributed by atoms with Crippen LogP contribution in [-0.4, -0.2) is 26.1 Å². The highest BCUT2D eigenvalue weighted by Gasteiger charge is 2.14. The zero-order chi connectivity index (χ0) is 19.2. The fourth-order valence-corrected chi connectivity index (χ4v) is 3.84. The number of halogens is 2. The Kier molecular flexibility index (Phi) is 6.80. The maximum atomic E-state index is 12.3. The predicted octanol–water partition coefficient (Wildman–Crippen LogP) is 5.75. The van der Waals surface area contributed by atoms with Gasteiger partial charge in [-0.25, -0.2) is 0 Å². The number of piperidine rings is 1. The van der Waals surface area contributed by atoms with Crippen LogP contribution in [-0.2, 0) is 4.79 Å². The second kappa shape index (κ2) is 9.29. The zero-order valence-corrected chi connectivity index (χ0v) is 17.5. The lowest BCUT2D eigenvalue weighted by Crippen LogP contribution is -2.29. The van der Waals surface area contributed by atoms with E-state index in [1.807, 2.05) is 30.3 Å². The molecule has 2 aromatic rings. The molecule has 0 saturated carbocycles. The van der Waals surface area contributed by atoms with E-state index in [1.54, 1.807) is 19.3 Å². The first-order valence-electron chi connectivity index (χ1n) is 8.94. The molecule has 4 nitrogen and oxygen atoms in total. The van der Waals surface area contributed by atoms with Gasteiger partial charge in [-0.2, -0.15) is 0 Å². The van der Waals surface area contributed by atoms with E-state index < -0.39 is 0 Å². The molecule has 1 N–H and O–H groups in total. The van der Waals surface area contributed by atoms with Crippen molar-refractivity contribution < 1.29 is 9.53 Å². The fourth-order valence-electron chi connectivity index (χ4n) is 3.16. The summed E-state index contributed by atoms with van der Waals surface area (Å²) in [5.74, 6) is 0.481. The number of hydrogen-bond acceptors (Lipinski definition) is 3. The molecule has 3 rings (SSSR count). The van der Waals surface area contributed by atoms with Gasteiger partial charge in [0.05, 0.1) is 17.8 Å². The van der Waals surface area contributed by atoms with Crippen LogP contribution in [0.4, 0.5) is 11.4 Å². The Balaban J connectivity index is 1.67. The van der Waals surface area contributed by atoms with Crippen molar-refractivity contribution in [1.82, 2.24) is 0 Å². The van der Waals surface area contributed by atoms with Crippen molar-refractivity contribution in [3.63, 3.8) is 0 Å². The maximum Gasteiger partial charge on any atom is 0.248 e. The van der Waals surface area contributed by atoms with Gasteiger partial charge in [0.1, 0.15) is 5.75 Å². The summed E-state index contributed by atoms with van der Waals surface area (Å²) in [4.78, 5) is 14.6. The van der Waals surface area contributed by atoms with E-state index in [0.717, 1.165) is 28.8 Å². The van der Waals surface area contributed by atoms with E-state index in [9.17, 15) is 4.79 Å². The molecule has 1 saturated heterocycles. The first-order chi connectivity index (χ1) is 13.1. The van der Waals surface area contributed by atoms with E-state index >= 15 is 0 Å². The number of ether oxygens (including phenoxy) is 1. The summed E-state index contributed by atoms with van der Waals surface area (Å²) in [6.45, 7) is 2.06. The topological polar surface area (TPSA) is 41.6 Å². The fraction of sp³-hybridized carbons (Fsp3) is 0.286. The number of amides is 1. The monoisotopic (exact) mass is 448 g/mol. The summed E-state index contributed by atoms with van der Waals surface area (Å²) < 4.78 is 6.23. The van der Waals surface area contributed by atoms with Crippen LogP contribution in [0.15, 0.2) is 46.9 Å². The van der Waals surface area contributed by atoms with Gasteiger partial charge in [0.2, 0.25) is 5.91 Å². The third-order valence-corrected chi connectivity index (χ3v) is 5.31. The van der Waals surface area contributed by atoms with Gasteiger partial charge in [0, 0.05) is 34.9 Å². The number of carbonyl (C=O) groups excluding carboxylic acids is 1. The van der Waals surface area contributed by atoms with Gasteiger partial charge in [-0.3, -0.25) is 4.79 Å². The highest BCUT2D eigenvalue weighted by Crippen LogP contribution is 2.31. The van der Waals surface area contributed by atoms with Crippen LogP contribution < -0.4 is 15.0 Å². The molecule has 1 aliphatic heterocycles. The van der Waals surface area contributed by atoms with E-state index in [2.05, 4.69) is 26.1 Å². The van der Waals surface area contributed by atoms with Crippen LogP contribution in [0.3, 0.4) is 0 Å². The molecule has 0 radical (unpaired) electrons. The molecule has 0 unspecified atom stereocenters. The summed E-state index contributed by atoms with van der Waals surface area (Å²) in [7, 11) is 1.60. The van der Waals surface area contributed by atoms with Crippen molar-refractivity contribution in [1.29, 1.82) is 0 Å². The molecule has 1 amide bonds. The van der Waals surface area contributed by atoms with Crippen molar-refractivity contribution >= 4 is 50.9 Å². The van der Waals surface area contributed by atoms with E-state index in [4.69, 9.17) is 16.3 Å². The summed E-state index contributed by atoms with van der Waals surface area (Å²) in [5, 5.41) is 3.51. The SMILES string of the molecule is COc1ccc(Br)cc1C=CC(=O)Nc1ccc(N2CCCCC2)c(Cl)c1. The molecule has 2 aromatic carbocycles. The summed E-state index contributed by atoms with van der Waals surface area (Å²) in [6, 6.07) is 11.3. The lowest BCUT2D eigenvalue weighted by Gasteiger charge is -2.29. The molecule has 0 bridgehead atoms. The van der Waals surface area contributed by atoms with Gasteiger partial charge in [-0.15, -0.1) is 0 Å². The third kappa shape index (κ3) is 5.27. The molecule has 1 aliphatic rings. The number of rotatable bonds is 5. The molecular weight excluding hydrogens is 428 g/mol. The van der Waals surface area contributed by atoms with E-state index in [-0.39, 0.29) is 5.91 Å². The minimum atomic E-state index is -0.223. The number of nitrogens with zero attached hydrogens (tertiary/aromatic N) is 1. The van der Waals surface area contributed by atoms with Crippen LogP contribution in [0.25, 0.3) is 6.08 Å². The summed E-state index contributed by atoms with van der Waals surface area (Å²) in [5.41, 5.74) is 2.53. The first kappa shape index (κ1) is 19.8. The summed E-state index contributed by atoms with van der Waals surface area (Å²) in [6.07, 6.45) is 6.87. The van der Waals surface area contributed by atoms with Gasteiger partial charge in [0.25, 0.3) is 0 Å². The Bertz CT molecular complexity index is 848. The zero-order valence-electron chi connectivity index (χ0n) is 15.2. The Morgan fingerprint density at radius 2 is 1.96 bits per heavy atom. The Morgan fingerprint density at radius 3 is 2.67 bits per heavy atom. The largest absolute Gasteiger partial charge is 0.496 e. The Hall–Kier alpha value is -1.98. The molecule has 0 spiro atoms. The van der Waals surface area contributed by atoms with Gasteiger partial charge in [-0.1, -0.05) is 27.5 Å². The smallest absolute Gasteiger partial charge is 0.248 e. The second-order valence-electron chi connectivity index (χ2n) is 6.42. The highest BCUT2D eigenvalue weighted by atomic mass is 79.9. The predicted molar refractivity (Wildman–Crippen MR) is 116 cm³/mol. The van der Waals surface area contributed by atoms with Crippen LogP contribution >= 0.6 is 27.5 Å². The molecule has 1 fully saturated rings. The van der Waals surface area contributed by atoms with E-state index in [0.29, 0.717) is 16.5 Å². The van der Waals surface area contributed by atoms with Gasteiger partial charge in [0.15, 0.2) is 0 Å². The van der Waals surface area contributed by atoms with Gasteiger partial charge >= 0.3 is 0 Å². The van der Waals surface area contributed by atoms with Crippen molar-refractivity contribution in [3.05, 3.63) is 57.5 Å². The normalized spacial score (nSPS) is 14.4. The number of benzene rings is 2. The van der Waals surface area contributed by atoms with Crippen LogP contribution in [0.2, 0.25) is 5.02 Å². The Labute approximate surface area is 173 Å². The number of nitrogens with one attached hydrogen (secondary N) is 1. The van der Waals surface area contributed by atoms with Crippen molar-refractivity contribution in [3.8, 4) is 5.75 Å². The average Bonchev–Trinajstić information content (AvgIpc) is 2.67. The number of carbonyl (C=O) groups is 1. The quantitative estimate of drug-likeness (QED) is 0.591. The lowest BCUT2D eigenvalue weighted by molar-refractivity contribution is -0.111. The van der Waals surface area contributed by atoms with Crippen molar-refractivity contribution in [2.45, 2.75) is 19.3 Å². The van der Waals surface area contributed by atoms with Gasteiger partial charge in [-0.05, 0) is 61.7 Å². The molecule has 0 atom stereocenters. The molecule has 142 valence electrons. The van der Waals surface area contributed by atoms with Crippen molar-refractivity contribution in [2.75, 3.05) is 30.4 Å². The molecule has 1 heterocycles. The van der Waals surface area contributed by atoms with Crippen LogP contribution in [0.1, 0.15) is 24.8 Å². The Morgan fingerprint density at radius 1 is 1.19 bits per heavy atom. The number of hydrogen-bond donors (Lipinski definition) is 1. The second-order valence-corrected chi connectivity index (χ2v) is 7.75. The van der Waals surface area contributed by atoms with Gasteiger partial charge < -0.3 is 15.0 Å². The molecule has 0 aliphatic carbocycles. The molecular formula is C21H22BrClN2O2. The average molecular weight is 450 g/mol.